The molecule has 2 aliphatic rings. The van der Waals surface area contributed by atoms with E-state index < -0.39 is 0 Å². The van der Waals surface area contributed by atoms with Gasteiger partial charge in [-0.3, -0.25) is 9.69 Å². The summed E-state index contributed by atoms with van der Waals surface area (Å²) >= 11 is 0. The van der Waals surface area contributed by atoms with Crippen LogP contribution in [0.15, 0.2) is 42.5 Å². The van der Waals surface area contributed by atoms with Gasteiger partial charge in [-0.15, -0.1) is 0 Å². The highest BCUT2D eigenvalue weighted by molar-refractivity contribution is 5.95. The van der Waals surface area contributed by atoms with Gasteiger partial charge in [0.15, 0.2) is 11.5 Å². The average molecular weight is 425 g/mol. The highest BCUT2D eigenvalue weighted by Crippen LogP contribution is 2.39. The van der Waals surface area contributed by atoms with E-state index in [2.05, 4.69) is 40.5 Å². The van der Waals surface area contributed by atoms with Crippen molar-refractivity contribution in [1.82, 2.24) is 10.2 Å². The lowest BCUT2D eigenvalue weighted by Crippen LogP contribution is -2.56. The minimum atomic E-state index is -0.0983. The maximum atomic E-state index is 13.1. The van der Waals surface area contributed by atoms with Gasteiger partial charge in [-0.25, -0.2) is 0 Å². The highest BCUT2D eigenvalue weighted by atomic mass is 16.5. The molecule has 0 spiro atoms. The maximum Gasteiger partial charge on any atom is 0.251 e. The summed E-state index contributed by atoms with van der Waals surface area (Å²) in [7, 11) is 4.67. The second-order valence-corrected chi connectivity index (χ2v) is 8.45. The number of amides is 1. The van der Waals surface area contributed by atoms with Gasteiger partial charge in [-0.05, 0) is 43.4 Å². The second kappa shape index (κ2) is 9.60. The Morgan fingerprint density at radius 3 is 2.13 bits per heavy atom. The Kier molecular flexibility index (Phi) is 6.66. The number of carbonyl (C=O) groups is 1. The van der Waals surface area contributed by atoms with E-state index in [0.717, 1.165) is 19.4 Å². The van der Waals surface area contributed by atoms with Gasteiger partial charge in [0.25, 0.3) is 5.91 Å². The van der Waals surface area contributed by atoms with Crippen molar-refractivity contribution in [2.24, 2.45) is 0 Å². The molecule has 2 bridgehead atoms. The van der Waals surface area contributed by atoms with Crippen molar-refractivity contribution in [3.8, 4) is 17.2 Å². The Labute approximate surface area is 184 Å². The van der Waals surface area contributed by atoms with Gasteiger partial charge in [-0.2, -0.15) is 0 Å². The number of hydrogen-bond donors (Lipinski definition) is 1. The van der Waals surface area contributed by atoms with Crippen LogP contribution in [0.4, 0.5) is 0 Å². The number of fused-ring (bicyclic) bond motifs is 2. The van der Waals surface area contributed by atoms with Gasteiger partial charge in [0, 0.05) is 30.2 Å². The molecule has 2 fully saturated rings. The van der Waals surface area contributed by atoms with E-state index in [1.54, 1.807) is 33.5 Å². The van der Waals surface area contributed by atoms with E-state index in [9.17, 15) is 4.79 Å². The molecule has 2 aromatic rings. The normalized spacial score (nSPS) is 23.1. The molecular weight excluding hydrogens is 392 g/mol. The highest BCUT2D eigenvalue weighted by Gasteiger charge is 2.38. The number of hydrogen-bond acceptors (Lipinski definition) is 5. The summed E-state index contributed by atoms with van der Waals surface area (Å²) in [5.74, 6) is 1.37. The fraction of sp³-hybridized carbons (Fsp3) is 0.480. The average Bonchev–Trinajstić information content (AvgIpc) is 2.79. The van der Waals surface area contributed by atoms with Crippen LogP contribution in [0.1, 0.15) is 48.0 Å². The molecule has 2 saturated heterocycles. The summed E-state index contributed by atoms with van der Waals surface area (Å²) in [5, 5.41) is 3.27. The monoisotopic (exact) mass is 424 g/mol. The topological polar surface area (TPSA) is 60.0 Å². The lowest BCUT2D eigenvalue weighted by molar-refractivity contribution is 0.0177. The zero-order valence-corrected chi connectivity index (χ0v) is 18.6. The zero-order chi connectivity index (χ0) is 21.8. The standard InChI is InChI=1S/C25H32N2O4/c1-29-22-12-18(13-23(30-2)24(22)31-3)25(28)26-19-14-20-10-7-11-21(15-19)27(20)16-17-8-5-4-6-9-17/h4-6,8-9,12-13,19-21H,7,10-11,14-16H2,1-3H3,(H,26,28)/t20-,21-/m0/s1. The molecular formula is C25H32N2O4. The minimum Gasteiger partial charge on any atom is -0.493 e. The molecule has 6 nitrogen and oxygen atoms in total. The first-order valence-electron chi connectivity index (χ1n) is 11.0. The Hall–Kier alpha value is -2.73. The predicted molar refractivity (Wildman–Crippen MR) is 120 cm³/mol. The lowest BCUT2D eigenvalue weighted by Gasteiger charge is -2.49. The summed E-state index contributed by atoms with van der Waals surface area (Å²) in [6, 6.07) is 15.3. The van der Waals surface area contributed by atoms with E-state index in [1.807, 2.05) is 0 Å². The van der Waals surface area contributed by atoms with E-state index in [4.69, 9.17) is 14.2 Å². The van der Waals surface area contributed by atoms with Gasteiger partial charge >= 0.3 is 0 Å². The Balaban J connectivity index is 1.45. The molecule has 2 atom stereocenters. The Morgan fingerprint density at radius 2 is 1.58 bits per heavy atom. The number of methoxy groups -OCH3 is 3. The number of piperidine rings is 2. The molecule has 1 N–H and O–H groups in total. The summed E-state index contributed by atoms with van der Waals surface area (Å²) < 4.78 is 16.2. The first-order chi connectivity index (χ1) is 15.1. The van der Waals surface area contributed by atoms with Gasteiger partial charge in [0.1, 0.15) is 0 Å². The second-order valence-electron chi connectivity index (χ2n) is 8.45. The van der Waals surface area contributed by atoms with Crippen LogP contribution in [0.3, 0.4) is 0 Å². The van der Waals surface area contributed by atoms with Crippen LogP contribution >= 0.6 is 0 Å². The molecule has 1 amide bonds. The number of carbonyl (C=O) groups excluding carboxylic acids is 1. The van der Waals surface area contributed by atoms with Crippen molar-refractivity contribution in [3.05, 3.63) is 53.6 Å². The van der Waals surface area contributed by atoms with Crippen LogP contribution in [0.5, 0.6) is 17.2 Å². The van der Waals surface area contributed by atoms with Gasteiger partial charge in [0.05, 0.1) is 21.3 Å². The molecule has 0 aromatic heterocycles. The molecule has 2 aromatic carbocycles. The van der Waals surface area contributed by atoms with Crippen molar-refractivity contribution in [1.29, 1.82) is 0 Å². The fourth-order valence-electron chi connectivity index (χ4n) is 5.13. The summed E-state index contributed by atoms with van der Waals surface area (Å²) in [6.07, 6.45) is 5.63. The van der Waals surface area contributed by atoms with E-state index in [0.29, 0.717) is 34.9 Å². The van der Waals surface area contributed by atoms with Crippen LogP contribution in [0.2, 0.25) is 0 Å². The summed E-state index contributed by atoms with van der Waals surface area (Å²) in [6.45, 7) is 0.990. The van der Waals surface area contributed by atoms with Crippen LogP contribution < -0.4 is 19.5 Å². The third kappa shape index (κ3) is 4.64. The molecule has 0 aliphatic carbocycles. The molecule has 2 heterocycles. The largest absolute Gasteiger partial charge is 0.493 e. The number of nitrogens with one attached hydrogen (secondary N) is 1. The van der Waals surface area contributed by atoms with Crippen molar-refractivity contribution in [2.45, 2.75) is 56.8 Å². The molecule has 31 heavy (non-hydrogen) atoms. The van der Waals surface area contributed by atoms with E-state index in [-0.39, 0.29) is 11.9 Å². The van der Waals surface area contributed by atoms with Crippen molar-refractivity contribution >= 4 is 5.91 Å². The lowest BCUT2D eigenvalue weighted by atomic mass is 9.81. The number of rotatable bonds is 7. The van der Waals surface area contributed by atoms with E-state index in [1.165, 1.54) is 24.8 Å². The third-order valence-corrected chi connectivity index (χ3v) is 6.60. The summed E-state index contributed by atoms with van der Waals surface area (Å²) in [4.78, 5) is 15.7. The number of ether oxygens (including phenoxy) is 3. The molecule has 0 unspecified atom stereocenters. The van der Waals surface area contributed by atoms with E-state index >= 15 is 0 Å². The fourth-order valence-corrected chi connectivity index (χ4v) is 5.13. The van der Waals surface area contributed by atoms with Crippen LogP contribution in [-0.4, -0.2) is 50.3 Å². The van der Waals surface area contributed by atoms with Crippen LogP contribution in [0, 0.1) is 0 Å². The zero-order valence-electron chi connectivity index (χ0n) is 18.6. The number of nitrogens with zero attached hydrogens (tertiary/aromatic N) is 1. The molecule has 0 saturated carbocycles. The molecule has 6 heteroatoms. The van der Waals surface area contributed by atoms with Crippen molar-refractivity contribution < 1.29 is 19.0 Å². The Morgan fingerprint density at radius 1 is 0.968 bits per heavy atom. The van der Waals surface area contributed by atoms with Gasteiger partial charge in [-0.1, -0.05) is 36.8 Å². The Bertz CT molecular complexity index is 863. The van der Waals surface area contributed by atoms with Crippen LogP contribution in [0.25, 0.3) is 0 Å². The molecule has 166 valence electrons. The predicted octanol–water partition coefficient (Wildman–Crippen LogP) is 4.03. The quantitative estimate of drug-likeness (QED) is 0.727. The van der Waals surface area contributed by atoms with Crippen molar-refractivity contribution in [3.63, 3.8) is 0 Å². The third-order valence-electron chi connectivity index (χ3n) is 6.60. The van der Waals surface area contributed by atoms with Gasteiger partial charge in [0.2, 0.25) is 5.75 Å². The first kappa shape index (κ1) is 21.5. The molecule has 0 radical (unpaired) electrons. The molecule has 2 aliphatic heterocycles. The maximum absolute atomic E-state index is 13.1. The summed E-state index contributed by atoms with van der Waals surface area (Å²) in [5.41, 5.74) is 1.88. The molecule has 4 rings (SSSR count). The van der Waals surface area contributed by atoms with Crippen molar-refractivity contribution in [2.75, 3.05) is 21.3 Å². The first-order valence-corrected chi connectivity index (χ1v) is 11.0. The SMILES string of the molecule is COc1cc(C(=O)NC2C[C@@H]3CCC[C@@H](C2)N3Cc2ccccc2)cc(OC)c1OC. The number of benzene rings is 2. The minimum absolute atomic E-state index is 0.0983. The smallest absolute Gasteiger partial charge is 0.251 e. The van der Waals surface area contributed by atoms with Gasteiger partial charge < -0.3 is 19.5 Å². The van der Waals surface area contributed by atoms with Crippen LogP contribution in [-0.2, 0) is 6.54 Å².